The van der Waals surface area contributed by atoms with Crippen LogP contribution in [0.25, 0.3) is 10.1 Å². The molecule has 156 valence electrons. The quantitative estimate of drug-likeness (QED) is 0.412. The highest BCUT2D eigenvalue weighted by molar-refractivity contribution is 7.17. The highest BCUT2D eigenvalue weighted by atomic mass is 32.1. The summed E-state index contributed by atoms with van der Waals surface area (Å²) in [5.74, 6) is 0.440. The SMILES string of the molecule is CNC(=O)c1cnc(Nc2ccccc2OC)c(NC(=O)c2csc3ccccc23)c1. The number of pyridine rings is 1. The predicted molar refractivity (Wildman–Crippen MR) is 124 cm³/mol. The fraction of sp³-hybridized carbons (Fsp3) is 0.0870. The first-order valence-electron chi connectivity index (χ1n) is 9.50. The van der Waals surface area contributed by atoms with E-state index >= 15 is 0 Å². The first kappa shape index (κ1) is 20.4. The zero-order valence-electron chi connectivity index (χ0n) is 16.9. The van der Waals surface area contributed by atoms with E-state index in [4.69, 9.17) is 4.74 Å². The van der Waals surface area contributed by atoms with Gasteiger partial charge in [-0.05, 0) is 24.3 Å². The molecule has 2 amide bonds. The average Bonchev–Trinajstić information content (AvgIpc) is 3.24. The molecule has 0 fully saturated rings. The summed E-state index contributed by atoms with van der Waals surface area (Å²) in [7, 11) is 3.12. The lowest BCUT2D eigenvalue weighted by molar-refractivity contribution is 0.0961. The second-order valence-corrected chi connectivity index (χ2v) is 7.54. The molecule has 0 saturated heterocycles. The normalized spacial score (nSPS) is 10.5. The number of thiophene rings is 1. The summed E-state index contributed by atoms with van der Waals surface area (Å²) in [6.45, 7) is 0. The van der Waals surface area contributed by atoms with Gasteiger partial charge in [0.2, 0.25) is 0 Å². The van der Waals surface area contributed by atoms with Crippen molar-refractivity contribution >= 4 is 50.4 Å². The number of carbonyl (C=O) groups excluding carboxylic acids is 2. The molecule has 0 unspecified atom stereocenters. The van der Waals surface area contributed by atoms with Crippen LogP contribution in [0.1, 0.15) is 20.7 Å². The molecule has 4 rings (SSSR count). The maximum absolute atomic E-state index is 13.1. The summed E-state index contributed by atoms with van der Waals surface area (Å²) in [6, 6.07) is 16.7. The van der Waals surface area contributed by atoms with Crippen LogP contribution in [-0.4, -0.2) is 31.0 Å². The Kier molecular flexibility index (Phi) is 5.81. The summed E-state index contributed by atoms with van der Waals surface area (Å²) >= 11 is 1.50. The average molecular weight is 433 g/mol. The van der Waals surface area contributed by atoms with Crippen LogP contribution >= 0.6 is 11.3 Å². The number of carbonyl (C=O) groups is 2. The van der Waals surface area contributed by atoms with Gasteiger partial charge in [0.15, 0.2) is 5.82 Å². The van der Waals surface area contributed by atoms with Crippen molar-refractivity contribution in [2.24, 2.45) is 0 Å². The summed E-state index contributed by atoms with van der Waals surface area (Å²) < 4.78 is 6.41. The molecule has 0 saturated carbocycles. The van der Waals surface area contributed by atoms with Gasteiger partial charge in [-0.1, -0.05) is 30.3 Å². The lowest BCUT2D eigenvalue weighted by Gasteiger charge is -2.15. The standard InChI is InChI=1S/C23H20N4O3S/c1-24-22(28)14-11-18(21(25-12-14)26-17-8-4-5-9-19(17)30-2)27-23(29)16-13-31-20-10-6-3-7-15(16)20/h3-13H,1-2H3,(H,24,28)(H,25,26)(H,27,29). The zero-order valence-corrected chi connectivity index (χ0v) is 17.7. The smallest absolute Gasteiger partial charge is 0.257 e. The van der Waals surface area contributed by atoms with Crippen molar-refractivity contribution in [1.29, 1.82) is 0 Å². The third-order valence-electron chi connectivity index (χ3n) is 4.71. The van der Waals surface area contributed by atoms with Gasteiger partial charge in [0.1, 0.15) is 5.75 Å². The van der Waals surface area contributed by atoms with Crippen molar-refractivity contribution in [1.82, 2.24) is 10.3 Å². The van der Waals surface area contributed by atoms with Crippen molar-refractivity contribution in [2.75, 3.05) is 24.8 Å². The van der Waals surface area contributed by atoms with Crippen molar-refractivity contribution in [3.8, 4) is 5.75 Å². The van der Waals surface area contributed by atoms with Crippen LogP contribution in [0.2, 0.25) is 0 Å². The number of nitrogens with zero attached hydrogens (tertiary/aromatic N) is 1. The Bertz CT molecular complexity index is 1270. The van der Waals surface area contributed by atoms with E-state index < -0.39 is 0 Å². The molecule has 2 heterocycles. The van der Waals surface area contributed by atoms with Gasteiger partial charge in [-0.25, -0.2) is 4.98 Å². The Morgan fingerprint density at radius 3 is 2.58 bits per heavy atom. The van der Waals surface area contributed by atoms with Gasteiger partial charge >= 0.3 is 0 Å². The molecule has 3 N–H and O–H groups in total. The fourth-order valence-electron chi connectivity index (χ4n) is 3.15. The summed E-state index contributed by atoms with van der Waals surface area (Å²) in [4.78, 5) is 29.6. The Balaban J connectivity index is 1.71. The van der Waals surface area contributed by atoms with Crippen LogP contribution in [0.15, 0.2) is 66.2 Å². The molecular weight excluding hydrogens is 412 g/mol. The van der Waals surface area contributed by atoms with Gasteiger partial charge in [-0.15, -0.1) is 11.3 Å². The van der Waals surface area contributed by atoms with Crippen LogP contribution < -0.4 is 20.7 Å². The molecule has 0 aliphatic rings. The van der Waals surface area contributed by atoms with Crippen LogP contribution in [0.5, 0.6) is 5.75 Å². The number of rotatable bonds is 6. The number of nitrogens with one attached hydrogen (secondary N) is 3. The van der Waals surface area contributed by atoms with Crippen LogP contribution in [0.4, 0.5) is 17.2 Å². The molecule has 0 radical (unpaired) electrons. The minimum atomic E-state index is -0.298. The number of aromatic nitrogens is 1. The Labute approximate surface area is 183 Å². The van der Waals surface area contributed by atoms with Crippen molar-refractivity contribution < 1.29 is 14.3 Å². The first-order valence-corrected chi connectivity index (χ1v) is 10.4. The largest absolute Gasteiger partial charge is 0.495 e. The van der Waals surface area contributed by atoms with Gasteiger partial charge in [0.05, 0.1) is 29.6 Å². The third kappa shape index (κ3) is 4.19. The second-order valence-electron chi connectivity index (χ2n) is 6.62. The molecule has 2 aromatic carbocycles. The van der Waals surface area contributed by atoms with E-state index in [2.05, 4.69) is 20.9 Å². The lowest BCUT2D eigenvalue weighted by atomic mass is 10.1. The highest BCUT2D eigenvalue weighted by Crippen LogP contribution is 2.31. The first-order chi connectivity index (χ1) is 15.1. The molecule has 0 aliphatic heterocycles. The minimum absolute atomic E-state index is 0.281. The molecule has 0 atom stereocenters. The predicted octanol–water partition coefficient (Wildman–Crippen LogP) is 4.66. The Morgan fingerprint density at radius 2 is 1.77 bits per heavy atom. The van der Waals surface area contributed by atoms with Gasteiger partial charge in [0, 0.05) is 28.7 Å². The molecule has 7 nitrogen and oxygen atoms in total. The van der Waals surface area contributed by atoms with Gasteiger partial charge in [-0.3, -0.25) is 9.59 Å². The lowest BCUT2D eigenvalue weighted by Crippen LogP contribution is -2.19. The number of benzene rings is 2. The minimum Gasteiger partial charge on any atom is -0.495 e. The van der Waals surface area contributed by atoms with Crippen LogP contribution in [0.3, 0.4) is 0 Å². The van der Waals surface area contributed by atoms with Gasteiger partial charge in [-0.2, -0.15) is 0 Å². The summed E-state index contributed by atoms with van der Waals surface area (Å²) in [5, 5.41) is 11.4. The van der Waals surface area contributed by atoms with Crippen LogP contribution in [-0.2, 0) is 0 Å². The van der Waals surface area contributed by atoms with Crippen molar-refractivity contribution in [3.63, 3.8) is 0 Å². The van der Waals surface area contributed by atoms with E-state index in [0.29, 0.717) is 34.1 Å². The van der Waals surface area contributed by atoms with Gasteiger partial charge in [0.25, 0.3) is 11.8 Å². The number of hydrogen-bond donors (Lipinski definition) is 3. The fourth-order valence-corrected chi connectivity index (χ4v) is 4.09. The van der Waals surface area contributed by atoms with E-state index in [0.717, 1.165) is 10.1 Å². The van der Waals surface area contributed by atoms with Gasteiger partial charge < -0.3 is 20.7 Å². The number of para-hydroxylation sites is 2. The maximum atomic E-state index is 13.1. The molecule has 0 spiro atoms. The maximum Gasteiger partial charge on any atom is 0.257 e. The topological polar surface area (TPSA) is 92.3 Å². The number of ether oxygens (including phenoxy) is 1. The molecule has 2 aromatic heterocycles. The van der Waals surface area contributed by atoms with E-state index in [-0.39, 0.29) is 11.8 Å². The Morgan fingerprint density at radius 1 is 1.00 bits per heavy atom. The molecule has 0 aliphatic carbocycles. The molecule has 0 bridgehead atoms. The highest BCUT2D eigenvalue weighted by Gasteiger charge is 2.17. The second kappa shape index (κ2) is 8.85. The third-order valence-corrected chi connectivity index (χ3v) is 5.67. The van der Waals surface area contributed by atoms with Crippen molar-refractivity contribution in [2.45, 2.75) is 0 Å². The van der Waals surface area contributed by atoms with E-state index in [1.54, 1.807) is 20.2 Å². The number of anilines is 3. The van der Waals surface area contributed by atoms with E-state index in [1.807, 2.05) is 53.9 Å². The number of fused-ring (bicyclic) bond motifs is 1. The van der Waals surface area contributed by atoms with E-state index in [1.165, 1.54) is 17.5 Å². The zero-order chi connectivity index (χ0) is 21.8. The monoisotopic (exact) mass is 432 g/mol. The summed E-state index contributed by atoms with van der Waals surface area (Å²) in [5.41, 5.74) is 1.96. The molecule has 8 heteroatoms. The molecule has 31 heavy (non-hydrogen) atoms. The number of methoxy groups -OCH3 is 1. The van der Waals surface area contributed by atoms with E-state index in [9.17, 15) is 9.59 Å². The molecule has 4 aromatic rings. The number of amides is 2. The summed E-state index contributed by atoms with van der Waals surface area (Å²) in [6.07, 6.45) is 1.45. The van der Waals surface area contributed by atoms with Crippen LogP contribution in [0, 0.1) is 0 Å². The number of hydrogen-bond acceptors (Lipinski definition) is 6. The Hall–Kier alpha value is -3.91. The van der Waals surface area contributed by atoms with Crippen molar-refractivity contribution in [3.05, 3.63) is 77.3 Å². The molecular formula is C23H20N4O3S.